The predicted octanol–water partition coefficient (Wildman–Crippen LogP) is 2.53. The van der Waals surface area contributed by atoms with E-state index < -0.39 is 0 Å². The zero-order chi connectivity index (χ0) is 12.9. The van der Waals surface area contributed by atoms with Crippen molar-refractivity contribution in [2.45, 2.75) is 64.8 Å². The number of hydrogen-bond acceptors (Lipinski definition) is 2. The van der Waals surface area contributed by atoms with Gasteiger partial charge >= 0.3 is 0 Å². The van der Waals surface area contributed by atoms with Crippen LogP contribution in [0.4, 0.5) is 0 Å². The number of rotatable bonds is 5. The highest BCUT2D eigenvalue weighted by Gasteiger charge is 2.35. The molecule has 1 saturated carbocycles. The lowest BCUT2D eigenvalue weighted by molar-refractivity contribution is -0.132. The fraction of sp³-hybridized carbons (Fsp3) is 0.846. The summed E-state index contributed by atoms with van der Waals surface area (Å²) in [6.45, 7) is 4.13. The second-order valence-electron chi connectivity index (χ2n) is 5.37. The van der Waals surface area contributed by atoms with Crippen molar-refractivity contribution in [3.8, 4) is 0 Å². The fourth-order valence-corrected chi connectivity index (χ4v) is 2.66. The molecule has 0 saturated heterocycles. The van der Waals surface area contributed by atoms with E-state index in [0.29, 0.717) is 11.4 Å². The number of amides is 1. The van der Waals surface area contributed by atoms with E-state index in [4.69, 9.17) is 18.0 Å². The van der Waals surface area contributed by atoms with Crippen LogP contribution in [0.15, 0.2) is 0 Å². The van der Waals surface area contributed by atoms with E-state index in [1.165, 1.54) is 6.42 Å². The van der Waals surface area contributed by atoms with Crippen LogP contribution in [0.5, 0.6) is 0 Å². The van der Waals surface area contributed by atoms with Gasteiger partial charge in [-0.2, -0.15) is 0 Å². The maximum Gasteiger partial charge on any atom is 0.226 e. The van der Waals surface area contributed by atoms with Gasteiger partial charge in [-0.3, -0.25) is 4.79 Å². The second-order valence-corrected chi connectivity index (χ2v) is 5.89. The topological polar surface area (TPSA) is 55.1 Å². The van der Waals surface area contributed by atoms with Crippen LogP contribution >= 0.6 is 12.2 Å². The maximum absolute atomic E-state index is 12.3. The molecule has 0 spiro atoms. The number of thiocarbonyl (C=S) groups is 1. The molecule has 1 atom stereocenters. The molecule has 0 aromatic heterocycles. The Labute approximate surface area is 110 Å². The molecular weight excluding hydrogens is 232 g/mol. The Hall–Kier alpha value is -0.640. The normalized spacial score (nSPS) is 20.6. The third-order valence-corrected chi connectivity index (χ3v) is 3.95. The number of carbonyl (C=O) groups is 1. The number of carbonyl (C=O) groups excluding carboxylic acids is 1. The van der Waals surface area contributed by atoms with Gasteiger partial charge in [-0.15, -0.1) is 0 Å². The molecule has 98 valence electrons. The molecule has 1 aliphatic carbocycles. The van der Waals surface area contributed by atoms with E-state index >= 15 is 0 Å². The maximum atomic E-state index is 12.3. The summed E-state index contributed by atoms with van der Waals surface area (Å²) < 4.78 is 0. The van der Waals surface area contributed by atoms with E-state index in [0.717, 1.165) is 32.1 Å². The third-order valence-electron chi connectivity index (χ3n) is 3.78. The van der Waals surface area contributed by atoms with Crippen molar-refractivity contribution >= 4 is 23.1 Å². The van der Waals surface area contributed by atoms with Crippen molar-refractivity contribution in [2.75, 3.05) is 0 Å². The molecule has 1 unspecified atom stereocenters. The Bertz CT molecular complexity index is 285. The van der Waals surface area contributed by atoms with Gasteiger partial charge in [0.05, 0.1) is 4.99 Å². The molecule has 0 aromatic rings. The van der Waals surface area contributed by atoms with Gasteiger partial charge in [-0.05, 0) is 19.3 Å². The first kappa shape index (κ1) is 14.4. The Morgan fingerprint density at radius 2 is 2.00 bits per heavy atom. The highest BCUT2D eigenvalue weighted by Crippen LogP contribution is 2.36. The van der Waals surface area contributed by atoms with Gasteiger partial charge in [0, 0.05) is 17.9 Å². The highest BCUT2D eigenvalue weighted by molar-refractivity contribution is 7.80. The first-order valence-corrected chi connectivity index (χ1v) is 6.98. The van der Waals surface area contributed by atoms with Crippen LogP contribution in [0, 0.1) is 5.41 Å². The average Bonchev–Trinajstić information content (AvgIpc) is 2.28. The van der Waals surface area contributed by atoms with Crippen molar-refractivity contribution in [3.63, 3.8) is 0 Å². The first-order chi connectivity index (χ1) is 7.98. The van der Waals surface area contributed by atoms with Gasteiger partial charge in [0.15, 0.2) is 0 Å². The van der Waals surface area contributed by atoms with Crippen LogP contribution in [0.1, 0.15) is 58.8 Å². The lowest BCUT2D eigenvalue weighted by atomic mass is 9.75. The second kappa shape index (κ2) is 6.34. The molecule has 1 amide bonds. The van der Waals surface area contributed by atoms with E-state index in [1.807, 2.05) is 6.92 Å². The number of nitrogens with one attached hydrogen (secondary N) is 1. The zero-order valence-electron chi connectivity index (χ0n) is 10.9. The van der Waals surface area contributed by atoms with Crippen molar-refractivity contribution < 1.29 is 4.79 Å². The molecule has 0 aliphatic heterocycles. The molecule has 17 heavy (non-hydrogen) atoms. The van der Waals surface area contributed by atoms with Gasteiger partial charge in [-0.1, -0.05) is 45.3 Å². The molecule has 1 aliphatic rings. The number of hydrogen-bond donors (Lipinski definition) is 2. The minimum atomic E-state index is -0.179. The molecule has 0 heterocycles. The standard InChI is InChI=1S/C13H24N2OS/c1-3-10(9-11(14)17)15-12(16)13(2)7-5-4-6-8-13/h10H,3-9H2,1-2H3,(H2,14,17)(H,15,16). The Kier molecular flexibility index (Phi) is 5.37. The summed E-state index contributed by atoms with van der Waals surface area (Å²) in [5.41, 5.74) is 5.36. The molecule has 0 radical (unpaired) electrons. The SMILES string of the molecule is CCC(CC(N)=S)NC(=O)C1(C)CCCCC1. The molecule has 3 N–H and O–H groups in total. The highest BCUT2D eigenvalue weighted by atomic mass is 32.1. The third kappa shape index (κ3) is 4.26. The van der Waals surface area contributed by atoms with Gasteiger partial charge in [0.1, 0.15) is 0 Å². The largest absolute Gasteiger partial charge is 0.393 e. The lowest BCUT2D eigenvalue weighted by Gasteiger charge is -2.33. The molecule has 1 fully saturated rings. The van der Waals surface area contributed by atoms with Crippen LogP contribution in [-0.4, -0.2) is 16.9 Å². The van der Waals surface area contributed by atoms with Crippen LogP contribution in [0.2, 0.25) is 0 Å². The smallest absolute Gasteiger partial charge is 0.226 e. The van der Waals surface area contributed by atoms with Crippen molar-refractivity contribution in [3.05, 3.63) is 0 Å². The summed E-state index contributed by atoms with van der Waals surface area (Å²) in [5, 5.41) is 3.10. The van der Waals surface area contributed by atoms with Gasteiger partial charge in [0.25, 0.3) is 0 Å². The van der Waals surface area contributed by atoms with Crippen LogP contribution in [-0.2, 0) is 4.79 Å². The lowest BCUT2D eigenvalue weighted by Crippen LogP contribution is -2.46. The molecule has 0 bridgehead atoms. The minimum Gasteiger partial charge on any atom is -0.393 e. The quantitative estimate of drug-likeness (QED) is 0.743. The van der Waals surface area contributed by atoms with Crippen molar-refractivity contribution in [1.82, 2.24) is 5.32 Å². The minimum absolute atomic E-state index is 0.0961. The summed E-state index contributed by atoms with van der Waals surface area (Å²) >= 11 is 4.90. The predicted molar refractivity (Wildman–Crippen MR) is 74.8 cm³/mol. The van der Waals surface area contributed by atoms with E-state index in [1.54, 1.807) is 0 Å². The zero-order valence-corrected chi connectivity index (χ0v) is 11.7. The van der Waals surface area contributed by atoms with Crippen LogP contribution < -0.4 is 11.1 Å². The summed E-state index contributed by atoms with van der Waals surface area (Å²) in [7, 11) is 0. The summed E-state index contributed by atoms with van der Waals surface area (Å²) in [6, 6.07) is 0.0961. The van der Waals surface area contributed by atoms with E-state index in [-0.39, 0.29) is 17.4 Å². The van der Waals surface area contributed by atoms with Crippen LogP contribution in [0.3, 0.4) is 0 Å². The average molecular weight is 256 g/mol. The van der Waals surface area contributed by atoms with Crippen LogP contribution in [0.25, 0.3) is 0 Å². The molecule has 4 heteroatoms. The Morgan fingerprint density at radius 3 is 2.47 bits per heavy atom. The number of nitrogens with two attached hydrogens (primary N) is 1. The summed E-state index contributed by atoms with van der Waals surface area (Å²) in [6.07, 6.45) is 7.07. The Morgan fingerprint density at radius 1 is 1.41 bits per heavy atom. The van der Waals surface area contributed by atoms with Gasteiger partial charge < -0.3 is 11.1 Å². The molecule has 0 aromatic carbocycles. The first-order valence-electron chi connectivity index (χ1n) is 6.57. The fourth-order valence-electron chi connectivity index (χ4n) is 2.46. The molecule has 1 rings (SSSR count). The molecule has 3 nitrogen and oxygen atoms in total. The summed E-state index contributed by atoms with van der Waals surface area (Å²) in [4.78, 5) is 12.8. The molecular formula is C13H24N2OS. The monoisotopic (exact) mass is 256 g/mol. The summed E-state index contributed by atoms with van der Waals surface area (Å²) in [5.74, 6) is 0.181. The Balaban J connectivity index is 2.53. The van der Waals surface area contributed by atoms with Gasteiger partial charge in [-0.25, -0.2) is 0 Å². The van der Waals surface area contributed by atoms with Crippen molar-refractivity contribution in [1.29, 1.82) is 0 Å². The van der Waals surface area contributed by atoms with E-state index in [2.05, 4.69) is 12.2 Å². The van der Waals surface area contributed by atoms with E-state index in [9.17, 15) is 4.79 Å². The van der Waals surface area contributed by atoms with Crippen molar-refractivity contribution in [2.24, 2.45) is 11.1 Å². The van der Waals surface area contributed by atoms with Gasteiger partial charge in [0.2, 0.25) is 5.91 Å².